The second-order valence-corrected chi connectivity index (χ2v) is 9.66. The molecule has 0 aliphatic rings. The van der Waals surface area contributed by atoms with Crippen LogP contribution in [0.1, 0.15) is 90.4 Å². The summed E-state index contributed by atoms with van der Waals surface area (Å²) in [6.07, 6.45) is 18.3. The van der Waals surface area contributed by atoms with E-state index in [0.717, 1.165) is 12.8 Å². The van der Waals surface area contributed by atoms with Crippen LogP contribution in [0.25, 0.3) is 0 Å². The van der Waals surface area contributed by atoms with Crippen LogP contribution in [0.4, 0.5) is 0 Å². The van der Waals surface area contributed by atoms with Crippen LogP contribution in [0.15, 0.2) is 12.2 Å². The highest BCUT2D eigenvalue weighted by atomic mass is 31.2. The topological polar surface area (TPSA) is 126 Å². The zero-order chi connectivity index (χ0) is 23.9. The highest BCUT2D eigenvalue weighted by Gasteiger charge is 2.24. The summed E-state index contributed by atoms with van der Waals surface area (Å²) in [5, 5.41) is 27.4. The van der Waals surface area contributed by atoms with Crippen molar-refractivity contribution in [3.63, 3.8) is 0 Å². The van der Waals surface area contributed by atoms with E-state index in [1.54, 1.807) is 0 Å². The van der Waals surface area contributed by atoms with Crippen molar-refractivity contribution in [2.24, 2.45) is 0 Å². The molecule has 192 valence electrons. The molecule has 0 aliphatic heterocycles. The number of hydrogen-bond donors (Lipinski definition) is 4. The molecule has 0 amide bonds. The quantitative estimate of drug-likeness (QED) is 0.0900. The molecule has 3 atom stereocenters. The van der Waals surface area contributed by atoms with Gasteiger partial charge in [0.1, 0.15) is 12.2 Å². The summed E-state index contributed by atoms with van der Waals surface area (Å²) in [6, 6.07) is 0. The molecule has 0 aliphatic carbocycles. The lowest BCUT2D eigenvalue weighted by atomic mass is 10.1. The molecular formula is C23H47O8P. The number of phosphoric ester groups is 1. The highest BCUT2D eigenvalue weighted by molar-refractivity contribution is 7.47. The van der Waals surface area contributed by atoms with Gasteiger partial charge in [0.05, 0.1) is 26.4 Å². The molecule has 0 heterocycles. The molecule has 9 heteroatoms. The molecule has 8 nitrogen and oxygen atoms in total. The third kappa shape index (κ3) is 22.9. The van der Waals surface area contributed by atoms with Crippen LogP contribution in [0.3, 0.4) is 0 Å². The van der Waals surface area contributed by atoms with Crippen LogP contribution < -0.4 is 0 Å². The average Bonchev–Trinajstić information content (AvgIpc) is 2.78. The first kappa shape index (κ1) is 31.7. The van der Waals surface area contributed by atoms with Gasteiger partial charge in [-0.1, -0.05) is 70.4 Å². The molecular weight excluding hydrogens is 435 g/mol. The molecule has 0 saturated heterocycles. The standard InChI is InChI=1S/C23H47O8P/c1-2-3-4-5-6-7-8-9-10-11-12-13-14-15-16-17-29-19-23(26)21-31-32(27,28)30-20-22(25)18-24/h8-9,22-26H,2-7,10-21H2,1H3,(H,27,28)/b9-8-. The largest absolute Gasteiger partial charge is 0.472 e. The minimum Gasteiger partial charge on any atom is -0.394 e. The van der Waals surface area contributed by atoms with E-state index in [-0.39, 0.29) is 6.61 Å². The van der Waals surface area contributed by atoms with Crippen molar-refractivity contribution in [1.29, 1.82) is 0 Å². The Bertz CT molecular complexity index is 475. The summed E-state index contributed by atoms with van der Waals surface area (Å²) in [4.78, 5) is 9.39. The van der Waals surface area contributed by atoms with Crippen molar-refractivity contribution in [1.82, 2.24) is 0 Å². The number of hydrogen-bond acceptors (Lipinski definition) is 7. The summed E-state index contributed by atoms with van der Waals surface area (Å²) < 4.78 is 26.0. The first-order valence-electron chi connectivity index (χ1n) is 12.2. The normalized spacial score (nSPS) is 15.8. The Hall–Kier alpha value is -0.310. The molecule has 0 bridgehead atoms. The van der Waals surface area contributed by atoms with Gasteiger partial charge < -0.3 is 24.9 Å². The van der Waals surface area contributed by atoms with Crippen LogP contribution in [0.5, 0.6) is 0 Å². The number of rotatable bonds is 24. The van der Waals surface area contributed by atoms with E-state index in [4.69, 9.17) is 14.9 Å². The van der Waals surface area contributed by atoms with Crippen molar-refractivity contribution in [3.05, 3.63) is 12.2 Å². The fraction of sp³-hybridized carbons (Fsp3) is 0.913. The minimum absolute atomic E-state index is 0.00417. The molecule has 0 aromatic heterocycles. The number of unbranched alkanes of at least 4 members (excludes halogenated alkanes) is 11. The second kappa shape index (κ2) is 22.5. The lowest BCUT2D eigenvalue weighted by molar-refractivity contribution is -0.00437. The van der Waals surface area contributed by atoms with Crippen molar-refractivity contribution < 1.29 is 38.6 Å². The number of phosphoric acid groups is 1. The molecule has 4 N–H and O–H groups in total. The van der Waals surface area contributed by atoms with Gasteiger partial charge in [-0.05, 0) is 32.1 Å². The minimum atomic E-state index is -4.38. The predicted molar refractivity (Wildman–Crippen MR) is 126 cm³/mol. The van der Waals surface area contributed by atoms with Gasteiger partial charge in [-0.3, -0.25) is 9.05 Å². The zero-order valence-electron chi connectivity index (χ0n) is 19.9. The highest BCUT2D eigenvalue weighted by Crippen LogP contribution is 2.43. The Morgan fingerprint density at radius 2 is 1.25 bits per heavy atom. The summed E-state index contributed by atoms with van der Waals surface area (Å²) in [6.45, 7) is 1.22. The lowest BCUT2D eigenvalue weighted by Gasteiger charge is -2.16. The van der Waals surface area contributed by atoms with Crippen LogP contribution in [0, 0.1) is 0 Å². The lowest BCUT2D eigenvalue weighted by Crippen LogP contribution is -2.23. The molecule has 3 unspecified atom stereocenters. The maximum Gasteiger partial charge on any atom is 0.472 e. The Morgan fingerprint density at radius 1 is 0.750 bits per heavy atom. The van der Waals surface area contributed by atoms with E-state index in [1.165, 1.54) is 70.6 Å². The third-order valence-corrected chi connectivity index (χ3v) is 5.88. The van der Waals surface area contributed by atoms with Crippen LogP contribution in [-0.4, -0.2) is 65.5 Å². The first-order valence-corrected chi connectivity index (χ1v) is 13.7. The molecule has 0 aromatic carbocycles. The maximum atomic E-state index is 11.5. The van der Waals surface area contributed by atoms with Crippen molar-refractivity contribution in [3.8, 4) is 0 Å². The van der Waals surface area contributed by atoms with Gasteiger partial charge >= 0.3 is 7.82 Å². The van der Waals surface area contributed by atoms with E-state index in [9.17, 15) is 14.6 Å². The number of allylic oxidation sites excluding steroid dienone is 2. The molecule has 0 saturated carbocycles. The maximum absolute atomic E-state index is 11.5. The predicted octanol–water partition coefficient (Wildman–Crippen LogP) is 4.50. The van der Waals surface area contributed by atoms with Crippen molar-refractivity contribution >= 4 is 7.82 Å². The summed E-state index contributed by atoms with van der Waals surface area (Å²) in [5.74, 6) is 0. The second-order valence-electron chi connectivity index (χ2n) is 8.21. The van der Waals surface area contributed by atoms with Gasteiger partial charge in [-0.15, -0.1) is 0 Å². The Kier molecular flexibility index (Phi) is 22.3. The number of ether oxygens (including phenoxy) is 1. The van der Waals surface area contributed by atoms with Gasteiger partial charge in [0.15, 0.2) is 0 Å². The van der Waals surface area contributed by atoms with Crippen molar-refractivity contribution in [2.45, 2.75) is 103 Å². The number of aliphatic hydroxyl groups is 3. The van der Waals surface area contributed by atoms with Gasteiger partial charge in [0.25, 0.3) is 0 Å². The van der Waals surface area contributed by atoms with Gasteiger partial charge in [-0.2, -0.15) is 0 Å². The van der Waals surface area contributed by atoms with E-state index in [2.05, 4.69) is 28.1 Å². The summed E-state index contributed by atoms with van der Waals surface area (Å²) >= 11 is 0. The van der Waals surface area contributed by atoms with Crippen LogP contribution in [-0.2, 0) is 18.3 Å². The Morgan fingerprint density at radius 3 is 1.81 bits per heavy atom. The summed E-state index contributed by atoms with van der Waals surface area (Å²) in [7, 11) is -4.38. The fourth-order valence-corrected chi connectivity index (χ4v) is 3.79. The molecule has 0 aromatic rings. The summed E-state index contributed by atoms with van der Waals surface area (Å²) in [5.41, 5.74) is 0. The monoisotopic (exact) mass is 482 g/mol. The first-order chi connectivity index (χ1) is 15.4. The van der Waals surface area contributed by atoms with Crippen LogP contribution >= 0.6 is 7.82 Å². The molecule has 0 radical (unpaired) electrons. The van der Waals surface area contributed by atoms with Crippen molar-refractivity contribution in [2.75, 3.05) is 33.0 Å². The molecule has 0 fully saturated rings. The Labute approximate surface area is 194 Å². The van der Waals surface area contributed by atoms with Crippen LogP contribution in [0.2, 0.25) is 0 Å². The Balaban J connectivity index is 3.41. The average molecular weight is 483 g/mol. The smallest absolute Gasteiger partial charge is 0.394 e. The van der Waals surface area contributed by atoms with Gasteiger partial charge in [0.2, 0.25) is 0 Å². The zero-order valence-corrected chi connectivity index (χ0v) is 20.8. The molecule has 0 spiro atoms. The van der Waals surface area contributed by atoms with E-state index >= 15 is 0 Å². The van der Waals surface area contributed by atoms with E-state index in [1.807, 2.05) is 0 Å². The molecule has 0 rings (SSSR count). The number of aliphatic hydroxyl groups excluding tert-OH is 3. The van der Waals surface area contributed by atoms with Gasteiger partial charge in [0, 0.05) is 6.61 Å². The molecule has 32 heavy (non-hydrogen) atoms. The van der Waals surface area contributed by atoms with Gasteiger partial charge in [-0.25, -0.2) is 4.57 Å². The van der Waals surface area contributed by atoms with E-state index in [0.29, 0.717) is 6.61 Å². The van der Waals surface area contributed by atoms with E-state index < -0.39 is 39.9 Å². The SMILES string of the molecule is CCCCCCC/C=C\CCCCCCCCOCC(O)COP(=O)(O)OCC(O)CO. The third-order valence-electron chi connectivity index (χ3n) is 4.93. The fourth-order valence-electron chi connectivity index (χ4n) is 2.99.